The van der Waals surface area contributed by atoms with Gasteiger partial charge in [-0.15, -0.1) is 11.8 Å². The summed E-state index contributed by atoms with van der Waals surface area (Å²) in [6.07, 6.45) is 18.1. The van der Waals surface area contributed by atoms with Crippen LogP contribution in [-0.2, 0) is 0 Å². The van der Waals surface area contributed by atoms with Crippen molar-refractivity contribution in [1.29, 1.82) is 0 Å². The summed E-state index contributed by atoms with van der Waals surface area (Å²) in [5.74, 6) is 0.707. The molecule has 164 valence electrons. The van der Waals surface area contributed by atoms with Crippen molar-refractivity contribution in [3.8, 4) is 0 Å². The molecule has 0 radical (unpaired) electrons. The molecule has 0 aromatic rings. The fourth-order valence-corrected chi connectivity index (χ4v) is 4.54. The Morgan fingerprint density at radius 1 is 0.750 bits per heavy atom. The number of unbranched alkanes of at least 4 members (excludes halogenated alkanes) is 13. The number of rotatable bonds is 18. The average Bonchev–Trinajstić information content (AvgIpc) is 2.64. The summed E-state index contributed by atoms with van der Waals surface area (Å²) in [7, 11) is 0. The second kappa shape index (κ2) is 19.4. The van der Waals surface area contributed by atoms with E-state index in [4.69, 9.17) is 46.4 Å². The van der Waals surface area contributed by atoms with E-state index in [1.807, 2.05) is 0 Å². The van der Waals surface area contributed by atoms with E-state index in [1.54, 1.807) is 0 Å². The monoisotopic (exact) mass is 491 g/mol. The number of nitrogens with zero attached hydrogens (tertiary/aromatic N) is 1. The number of allylic oxidation sites excluding steroid dienone is 1. The smallest absolute Gasteiger partial charge is 0.258 e. The number of halogens is 4. The molecule has 0 bridgehead atoms. The molecule has 0 fully saturated rings. The number of nitro groups is 1. The van der Waals surface area contributed by atoms with Crippen LogP contribution in [-0.4, -0.2) is 10.7 Å². The Morgan fingerprint density at radius 3 is 1.50 bits per heavy atom. The molecule has 0 aliphatic heterocycles. The molecule has 28 heavy (non-hydrogen) atoms. The van der Waals surface area contributed by atoms with Crippen LogP contribution in [0.25, 0.3) is 0 Å². The van der Waals surface area contributed by atoms with Crippen molar-refractivity contribution in [1.82, 2.24) is 0 Å². The average molecular weight is 493 g/mol. The van der Waals surface area contributed by atoms with E-state index >= 15 is 0 Å². The SMILES string of the molecule is CCCCCCCCCCCCCCCCS/C(Cl)=C(/C(Cl)=C(Cl)Cl)[N+](=O)[O-]. The first-order valence-corrected chi connectivity index (χ1v) is 12.8. The van der Waals surface area contributed by atoms with E-state index in [-0.39, 0.29) is 13.9 Å². The first kappa shape index (κ1) is 28.4. The standard InChI is InChI=1S/C20H33Cl4NO2S/c1-2-3-4-5-6-7-8-9-10-11-12-13-14-15-16-28-20(24)18(25(26)27)17(21)19(22)23/h2-16H2,1H3/b20-18-. The summed E-state index contributed by atoms with van der Waals surface area (Å²) in [5.41, 5.74) is -0.432. The zero-order valence-electron chi connectivity index (χ0n) is 16.8. The second-order valence-electron chi connectivity index (χ2n) is 6.90. The highest BCUT2D eigenvalue weighted by atomic mass is 35.5. The van der Waals surface area contributed by atoms with Crippen LogP contribution in [0.2, 0.25) is 0 Å². The quantitative estimate of drug-likeness (QED) is 0.0826. The van der Waals surface area contributed by atoms with Crippen molar-refractivity contribution in [3.05, 3.63) is 29.7 Å². The van der Waals surface area contributed by atoms with Gasteiger partial charge in [0.05, 0.1) is 4.92 Å². The zero-order valence-corrected chi connectivity index (χ0v) is 20.6. The Morgan fingerprint density at radius 2 is 1.14 bits per heavy atom. The number of hydrogen-bond acceptors (Lipinski definition) is 3. The van der Waals surface area contributed by atoms with Crippen LogP contribution in [0, 0.1) is 10.1 Å². The minimum Gasteiger partial charge on any atom is -0.258 e. The second-order valence-corrected chi connectivity index (χ2v) is 9.93. The molecule has 3 nitrogen and oxygen atoms in total. The van der Waals surface area contributed by atoms with E-state index in [0.717, 1.165) is 12.8 Å². The lowest BCUT2D eigenvalue weighted by Crippen LogP contribution is -2.01. The molecule has 0 spiro atoms. The summed E-state index contributed by atoms with van der Waals surface area (Å²) < 4.78 is -0.341. The molecular formula is C20H33Cl4NO2S. The lowest BCUT2D eigenvalue weighted by Gasteiger charge is -2.04. The number of hydrogen-bond donors (Lipinski definition) is 0. The third kappa shape index (κ3) is 15.3. The maximum Gasteiger partial charge on any atom is 0.315 e. The van der Waals surface area contributed by atoms with Gasteiger partial charge >= 0.3 is 5.70 Å². The Labute approximate surface area is 194 Å². The highest BCUT2D eigenvalue weighted by Gasteiger charge is 2.24. The van der Waals surface area contributed by atoms with Gasteiger partial charge in [0, 0.05) is 0 Å². The molecule has 0 N–H and O–H groups in total. The third-order valence-corrected chi connectivity index (χ3v) is 6.85. The predicted octanol–water partition coefficient (Wildman–Crippen LogP) is 9.77. The van der Waals surface area contributed by atoms with Crippen molar-refractivity contribution in [2.45, 2.75) is 96.8 Å². The van der Waals surface area contributed by atoms with Crippen LogP contribution in [0.3, 0.4) is 0 Å². The molecule has 0 rings (SSSR count). The van der Waals surface area contributed by atoms with Crippen molar-refractivity contribution in [2.75, 3.05) is 5.75 Å². The lowest BCUT2D eigenvalue weighted by molar-refractivity contribution is -0.419. The summed E-state index contributed by atoms with van der Waals surface area (Å²) >= 11 is 24.0. The van der Waals surface area contributed by atoms with Gasteiger partial charge in [-0.25, -0.2) is 0 Å². The van der Waals surface area contributed by atoms with Gasteiger partial charge in [0.2, 0.25) is 0 Å². The van der Waals surface area contributed by atoms with Crippen LogP contribution in [0.5, 0.6) is 0 Å². The minimum atomic E-state index is -0.659. The number of thioether (sulfide) groups is 1. The largest absolute Gasteiger partial charge is 0.315 e. The molecule has 0 saturated carbocycles. The third-order valence-electron chi connectivity index (χ3n) is 4.47. The van der Waals surface area contributed by atoms with Crippen LogP contribution < -0.4 is 0 Å². The van der Waals surface area contributed by atoms with E-state index in [9.17, 15) is 10.1 Å². The topological polar surface area (TPSA) is 43.1 Å². The molecule has 0 atom stereocenters. The summed E-state index contributed by atoms with van der Waals surface area (Å²) in [6.45, 7) is 2.25. The van der Waals surface area contributed by atoms with Crippen molar-refractivity contribution >= 4 is 58.2 Å². The van der Waals surface area contributed by atoms with Gasteiger partial charge in [-0.3, -0.25) is 10.1 Å². The van der Waals surface area contributed by atoms with Gasteiger partial charge in [-0.05, 0) is 12.2 Å². The molecule has 0 saturated heterocycles. The maximum absolute atomic E-state index is 11.1. The molecule has 0 aromatic heterocycles. The molecule has 0 aliphatic rings. The van der Waals surface area contributed by atoms with Crippen LogP contribution in [0.15, 0.2) is 19.6 Å². The van der Waals surface area contributed by atoms with Gasteiger partial charge in [-0.2, -0.15) is 0 Å². The van der Waals surface area contributed by atoms with E-state index in [2.05, 4.69) is 6.92 Å². The maximum atomic E-state index is 11.1. The highest BCUT2D eigenvalue weighted by molar-refractivity contribution is 8.04. The normalized spacial score (nSPS) is 12.0. The first-order valence-electron chi connectivity index (χ1n) is 10.3. The highest BCUT2D eigenvalue weighted by Crippen LogP contribution is 2.34. The predicted molar refractivity (Wildman–Crippen MR) is 127 cm³/mol. The minimum absolute atomic E-state index is 0.0171. The van der Waals surface area contributed by atoms with Crippen molar-refractivity contribution in [3.63, 3.8) is 0 Å². The fourth-order valence-electron chi connectivity index (χ4n) is 2.85. The summed E-state index contributed by atoms with van der Waals surface area (Å²) in [5, 5.41) is 10.7. The van der Waals surface area contributed by atoms with Crippen molar-refractivity contribution in [2.24, 2.45) is 0 Å². The molecule has 0 aromatic carbocycles. The van der Waals surface area contributed by atoms with E-state index in [0.29, 0.717) is 5.75 Å². The van der Waals surface area contributed by atoms with E-state index < -0.39 is 10.6 Å². The van der Waals surface area contributed by atoms with E-state index in [1.165, 1.54) is 88.8 Å². The van der Waals surface area contributed by atoms with Crippen molar-refractivity contribution < 1.29 is 4.92 Å². The lowest BCUT2D eigenvalue weighted by atomic mass is 10.0. The van der Waals surface area contributed by atoms with Gasteiger partial charge in [-0.1, -0.05) is 137 Å². The van der Waals surface area contributed by atoms with Gasteiger partial charge in [0.25, 0.3) is 0 Å². The Bertz CT molecular complexity index is 495. The molecular weight excluding hydrogens is 460 g/mol. The van der Waals surface area contributed by atoms with Crippen LogP contribution in [0.4, 0.5) is 0 Å². The van der Waals surface area contributed by atoms with Gasteiger partial charge < -0.3 is 0 Å². The van der Waals surface area contributed by atoms with Gasteiger partial charge in [0.1, 0.15) is 4.49 Å². The first-order chi connectivity index (χ1) is 13.4. The molecule has 8 heteroatoms. The Kier molecular flexibility index (Phi) is 19.6. The molecule has 0 amide bonds. The molecule has 0 heterocycles. The van der Waals surface area contributed by atoms with Crippen LogP contribution >= 0.6 is 58.2 Å². The summed E-state index contributed by atoms with van der Waals surface area (Å²) in [6, 6.07) is 0. The molecule has 0 unspecified atom stereocenters. The van der Waals surface area contributed by atoms with Gasteiger partial charge in [0.15, 0.2) is 9.40 Å². The van der Waals surface area contributed by atoms with Crippen LogP contribution in [0.1, 0.15) is 96.8 Å². The summed E-state index contributed by atoms with van der Waals surface area (Å²) in [4.78, 5) is 10.4. The Hall–Kier alpha value is 0.390. The Balaban J connectivity index is 3.67. The zero-order chi connectivity index (χ0) is 21.2. The fraction of sp³-hybridized carbons (Fsp3) is 0.800. The molecule has 0 aliphatic carbocycles.